The summed E-state index contributed by atoms with van der Waals surface area (Å²) in [6, 6.07) is 2.76. The van der Waals surface area contributed by atoms with E-state index in [9.17, 15) is 13.6 Å². The molecule has 15 heavy (non-hydrogen) atoms. The van der Waals surface area contributed by atoms with Gasteiger partial charge in [0.05, 0.1) is 11.6 Å². The molecule has 1 aliphatic carbocycles. The van der Waals surface area contributed by atoms with Gasteiger partial charge in [-0.3, -0.25) is 4.79 Å². The van der Waals surface area contributed by atoms with Gasteiger partial charge in [0.1, 0.15) is 11.6 Å². The number of amides is 1. The number of hydrogen-bond donors (Lipinski definition) is 2. The fraction of sp³-hybridized carbons (Fsp3) is 0.300. The molecule has 0 radical (unpaired) electrons. The van der Waals surface area contributed by atoms with Crippen LogP contribution in [-0.4, -0.2) is 11.9 Å². The number of hydrogen-bond acceptors (Lipinski definition) is 2. The van der Waals surface area contributed by atoms with Crippen LogP contribution in [0.4, 0.5) is 14.5 Å². The van der Waals surface area contributed by atoms with Crippen LogP contribution in [0.5, 0.6) is 0 Å². The van der Waals surface area contributed by atoms with Crippen LogP contribution < -0.4 is 11.1 Å². The van der Waals surface area contributed by atoms with Crippen molar-refractivity contribution >= 4 is 11.6 Å². The van der Waals surface area contributed by atoms with Gasteiger partial charge in [-0.2, -0.15) is 0 Å². The molecule has 3 N–H and O–H groups in total. The number of anilines is 1. The van der Waals surface area contributed by atoms with Gasteiger partial charge in [0.2, 0.25) is 5.91 Å². The molecule has 80 valence electrons. The maximum absolute atomic E-state index is 13.1. The van der Waals surface area contributed by atoms with Crippen LogP contribution in [0.2, 0.25) is 0 Å². The highest BCUT2D eigenvalue weighted by atomic mass is 19.1. The van der Waals surface area contributed by atoms with Gasteiger partial charge >= 0.3 is 0 Å². The summed E-state index contributed by atoms with van der Waals surface area (Å²) in [4.78, 5) is 11.4. The van der Waals surface area contributed by atoms with Crippen molar-refractivity contribution in [2.24, 2.45) is 11.7 Å². The molecule has 1 aliphatic rings. The summed E-state index contributed by atoms with van der Waals surface area (Å²) in [5.41, 5.74) is 5.32. The van der Waals surface area contributed by atoms with Crippen molar-refractivity contribution in [2.75, 3.05) is 5.32 Å². The standard InChI is InChI=1S/C10H10F2N2O/c11-5-1-2-7(12)9(3-5)14-10(15)6-4-8(6)13/h1-3,6,8H,4,13H2,(H,14,15). The van der Waals surface area contributed by atoms with Crippen molar-refractivity contribution in [1.82, 2.24) is 0 Å². The number of benzene rings is 1. The number of carbonyl (C=O) groups is 1. The third-order valence-corrected chi connectivity index (χ3v) is 2.36. The van der Waals surface area contributed by atoms with Crippen molar-refractivity contribution in [3.63, 3.8) is 0 Å². The normalized spacial score (nSPS) is 23.7. The fourth-order valence-corrected chi connectivity index (χ4v) is 1.33. The summed E-state index contributed by atoms with van der Waals surface area (Å²) in [7, 11) is 0. The van der Waals surface area contributed by atoms with E-state index in [4.69, 9.17) is 5.73 Å². The highest BCUT2D eigenvalue weighted by molar-refractivity contribution is 5.95. The number of carbonyl (C=O) groups excluding carboxylic acids is 1. The first-order valence-corrected chi connectivity index (χ1v) is 4.59. The van der Waals surface area contributed by atoms with E-state index in [0.29, 0.717) is 6.42 Å². The summed E-state index contributed by atoms with van der Waals surface area (Å²) >= 11 is 0. The van der Waals surface area contributed by atoms with Gasteiger partial charge in [0, 0.05) is 12.1 Å². The summed E-state index contributed by atoms with van der Waals surface area (Å²) in [5, 5.41) is 2.31. The van der Waals surface area contributed by atoms with E-state index in [0.717, 1.165) is 18.2 Å². The van der Waals surface area contributed by atoms with E-state index in [1.807, 2.05) is 0 Å². The number of halogens is 2. The molecule has 2 rings (SSSR count). The number of nitrogens with two attached hydrogens (primary N) is 1. The summed E-state index contributed by atoms with van der Waals surface area (Å²) in [6.45, 7) is 0. The van der Waals surface area contributed by atoms with E-state index >= 15 is 0 Å². The second kappa shape index (κ2) is 3.58. The van der Waals surface area contributed by atoms with Gasteiger partial charge in [0.15, 0.2) is 0 Å². The Kier molecular flexibility index (Phi) is 2.40. The Morgan fingerprint density at radius 2 is 2.13 bits per heavy atom. The lowest BCUT2D eigenvalue weighted by Gasteiger charge is -2.05. The van der Waals surface area contributed by atoms with Crippen LogP contribution in [0.3, 0.4) is 0 Å². The molecule has 1 fully saturated rings. The number of nitrogens with one attached hydrogen (secondary N) is 1. The van der Waals surface area contributed by atoms with Crippen LogP contribution in [0.25, 0.3) is 0 Å². The number of rotatable bonds is 2. The first-order valence-electron chi connectivity index (χ1n) is 4.59. The molecular formula is C10H10F2N2O. The quantitative estimate of drug-likeness (QED) is 0.775. The molecule has 0 saturated heterocycles. The minimum absolute atomic E-state index is 0.140. The monoisotopic (exact) mass is 212 g/mol. The molecular weight excluding hydrogens is 202 g/mol. The Labute approximate surface area is 85.3 Å². The molecule has 2 atom stereocenters. The molecule has 0 aliphatic heterocycles. The predicted octanol–water partition coefficient (Wildman–Crippen LogP) is 1.25. The molecule has 0 aromatic heterocycles. The Balaban J connectivity index is 2.10. The average molecular weight is 212 g/mol. The maximum Gasteiger partial charge on any atom is 0.229 e. The Morgan fingerprint density at radius 3 is 2.73 bits per heavy atom. The molecule has 2 unspecified atom stereocenters. The molecule has 1 saturated carbocycles. The van der Waals surface area contributed by atoms with Gasteiger partial charge < -0.3 is 11.1 Å². The minimum Gasteiger partial charge on any atom is -0.327 e. The SMILES string of the molecule is NC1CC1C(=O)Nc1cc(F)ccc1F. The summed E-state index contributed by atoms with van der Waals surface area (Å²) in [5.74, 6) is -1.87. The van der Waals surface area contributed by atoms with Crippen LogP contribution in [0.15, 0.2) is 18.2 Å². The van der Waals surface area contributed by atoms with Crippen molar-refractivity contribution in [3.8, 4) is 0 Å². The van der Waals surface area contributed by atoms with Gasteiger partial charge in [-0.15, -0.1) is 0 Å². The van der Waals surface area contributed by atoms with Crippen LogP contribution in [0, 0.1) is 17.6 Å². The van der Waals surface area contributed by atoms with E-state index in [1.165, 1.54) is 0 Å². The topological polar surface area (TPSA) is 55.1 Å². The van der Waals surface area contributed by atoms with Gasteiger partial charge in [-0.1, -0.05) is 0 Å². The molecule has 1 aromatic carbocycles. The zero-order chi connectivity index (χ0) is 11.0. The van der Waals surface area contributed by atoms with Crippen LogP contribution in [-0.2, 0) is 4.79 Å². The smallest absolute Gasteiger partial charge is 0.229 e. The van der Waals surface area contributed by atoms with Crippen LogP contribution in [0.1, 0.15) is 6.42 Å². The maximum atomic E-state index is 13.1. The molecule has 5 heteroatoms. The van der Waals surface area contributed by atoms with Crippen molar-refractivity contribution in [2.45, 2.75) is 12.5 Å². The van der Waals surface area contributed by atoms with Crippen LogP contribution >= 0.6 is 0 Å². The highest BCUT2D eigenvalue weighted by Gasteiger charge is 2.40. The third kappa shape index (κ3) is 2.12. The third-order valence-electron chi connectivity index (χ3n) is 2.36. The molecule has 0 spiro atoms. The molecule has 1 amide bonds. The fourth-order valence-electron chi connectivity index (χ4n) is 1.33. The molecule has 1 aromatic rings. The molecule has 0 bridgehead atoms. The second-order valence-electron chi connectivity index (χ2n) is 3.62. The first kappa shape index (κ1) is 10.0. The Bertz CT molecular complexity index is 408. The van der Waals surface area contributed by atoms with Crippen molar-refractivity contribution in [1.29, 1.82) is 0 Å². The van der Waals surface area contributed by atoms with Gasteiger partial charge in [-0.05, 0) is 18.6 Å². The molecule has 3 nitrogen and oxygen atoms in total. The van der Waals surface area contributed by atoms with Gasteiger partial charge in [-0.25, -0.2) is 8.78 Å². The summed E-state index contributed by atoms with van der Waals surface area (Å²) < 4.78 is 25.8. The van der Waals surface area contributed by atoms with E-state index in [2.05, 4.69) is 5.32 Å². The van der Waals surface area contributed by atoms with Gasteiger partial charge in [0.25, 0.3) is 0 Å². The Hall–Kier alpha value is -1.49. The lowest BCUT2D eigenvalue weighted by molar-refractivity contribution is -0.117. The zero-order valence-corrected chi connectivity index (χ0v) is 7.84. The van der Waals surface area contributed by atoms with Crippen molar-refractivity contribution in [3.05, 3.63) is 29.8 Å². The highest BCUT2D eigenvalue weighted by Crippen LogP contribution is 2.29. The second-order valence-corrected chi connectivity index (χ2v) is 3.62. The summed E-state index contributed by atoms with van der Waals surface area (Å²) in [6.07, 6.45) is 0.600. The first-order chi connectivity index (χ1) is 7.08. The predicted molar refractivity (Wildman–Crippen MR) is 51.1 cm³/mol. The lowest BCUT2D eigenvalue weighted by atomic mass is 10.2. The van der Waals surface area contributed by atoms with E-state index < -0.39 is 11.6 Å². The molecule has 0 heterocycles. The minimum atomic E-state index is -0.654. The average Bonchev–Trinajstić information content (AvgIpc) is 2.89. The largest absolute Gasteiger partial charge is 0.327 e. The lowest BCUT2D eigenvalue weighted by Crippen LogP contribution is -2.19. The zero-order valence-electron chi connectivity index (χ0n) is 7.84. The van der Waals surface area contributed by atoms with E-state index in [1.54, 1.807) is 0 Å². The van der Waals surface area contributed by atoms with E-state index in [-0.39, 0.29) is 23.6 Å². The van der Waals surface area contributed by atoms with Crippen molar-refractivity contribution < 1.29 is 13.6 Å². The Morgan fingerprint density at radius 1 is 1.47 bits per heavy atom.